The second-order valence-corrected chi connectivity index (χ2v) is 6.17. The zero-order valence-electron chi connectivity index (χ0n) is 11.3. The predicted octanol–water partition coefficient (Wildman–Crippen LogP) is 3.27. The summed E-state index contributed by atoms with van der Waals surface area (Å²) in [6, 6.07) is 5.77. The van der Waals surface area contributed by atoms with Gasteiger partial charge in [0.1, 0.15) is 0 Å². The zero-order valence-corrected chi connectivity index (χ0v) is 12.9. The molecule has 2 N–H and O–H groups in total. The van der Waals surface area contributed by atoms with Crippen LogP contribution >= 0.6 is 15.9 Å². The third-order valence-electron chi connectivity index (χ3n) is 4.03. The molecule has 2 aromatic rings. The van der Waals surface area contributed by atoms with Gasteiger partial charge in [-0.3, -0.25) is 0 Å². The fourth-order valence-electron chi connectivity index (χ4n) is 2.87. The first-order chi connectivity index (χ1) is 9.75. The molecule has 0 aliphatic heterocycles. The average molecular weight is 336 g/mol. The van der Waals surface area contributed by atoms with Crippen molar-refractivity contribution in [2.75, 3.05) is 5.73 Å². The van der Waals surface area contributed by atoms with Crippen molar-refractivity contribution in [2.24, 2.45) is 5.92 Å². The Hall–Kier alpha value is -1.43. The molecule has 0 unspecified atom stereocenters. The summed E-state index contributed by atoms with van der Waals surface area (Å²) in [5.41, 5.74) is 7.57. The molecule has 1 aliphatic carbocycles. The molecular formula is C14H18BrN5. The van der Waals surface area contributed by atoms with Gasteiger partial charge in [0.2, 0.25) is 0 Å². The van der Waals surface area contributed by atoms with Gasteiger partial charge in [0.15, 0.2) is 5.82 Å². The summed E-state index contributed by atoms with van der Waals surface area (Å²) in [5.74, 6) is 1.61. The van der Waals surface area contributed by atoms with E-state index in [1.807, 2.05) is 22.9 Å². The van der Waals surface area contributed by atoms with Gasteiger partial charge in [-0.05, 0) is 50.8 Å². The number of hydrogen-bond donors (Lipinski definition) is 1. The topological polar surface area (TPSA) is 69.6 Å². The van der Waals surface area contributed by atoms with E-state index in [-0.39, 0.29) is 0 Å². The monoisotopic (exact) mass is 335 g/mol. The van der Waals surface area contributed by atoms with Gasteiger partial charge in [0.25, 0.3) is 0 Å². The number of nitrogen functional groups attached to an aromatic ring is 1. The number of aromatic nitrogens is 4. The molecule has 0 spiro atoms. The van der Waals surface area contributed by atoms with Crippen molar-refractivity contribution in [3.8, 4) is 11.4 Å². The Labute approximate surface area is 126 Å². The van der Waals surface area contributed by atoms with E-state index in [1.54, 1.807) is 0 Å². The lowest BCUT2D eigenvalue weighted by Gasteiger charge is -2.10. The van der Waals surface area contributed by atoms with Gasteiger partial charge in [-0.1, -0.05) is 31.7 Å². The SMILES string of the molecule is Nc1cccc(-c2nnnn2CCC2CCCC2)c1Br. The molecule has 0 saturated heterocycles. The van der Waals surface area contributed by atoms with Gasteiger partial charge >= 0.3 is 0 Å². The molecule has 5 nitrogen and oxygen atoms in total. The third-order valence-corrected chi connectivity index (χ3v) is 4.91. The Morgan fingerprint density at radius 2 is 2.10 bits per heavy atom. The maximum atomic E-state index is 5.93. The van der Waals surface area contributed by atoms with Gasteiger partial charge in [-0.25, -0.2) is 4.68 Å². The highest BCUT2D eigenvalue weighted by atomic mass is 79.9. The van der Waals surface area contributed by atoms with Crippen LogP contribution in [0.1, 0.15) is 32.1 Å². The maximum Gasteiger partial charge on any atom is 0.183 e. The van der Waals surface area contributed by atoms with Crippen LogP contribution in [0.15, 0.2) is 22.7 Å². The molecule has 1 aliphatic rings. The van der Waals surface area contributed by atoms with E-state index < -0.39 is 0 Å². The number of hydrogen-bond acceptors (Lipinski definition) is 4. The number of rotatable bonds is 4. The number of halogens is 1. The van der Waals surface area contributed by atoms with Crippen LogP contribution in [-0.2, 0) is 6.54 Å². The fraction of sp³-hybridized carbons (Fsp3) is 0.500. The minimum Gasteiger partial charge on any atom is -0.398 e. The molecule has 1 heterocycles. The largest absolute Gasteiger partial charge is 0.398 e. The van der Waals surface area contributed by atoms with E-state index in [0.717, 1.165) is 34.7 Å². The summed E-state index contributed by atoms with van der Waals surface area (Å²) in [5, 5.41) is 12.1. The Kier molecular flexibility index (Phi) is 4.00. The smallest absolute Gasteiger partial charge is 0.183 e. The maximum absolute atomic E-state index is 5.93. The molecule has 1 aromatic carbocycles. The summed E-state index contributed by atoms with van der Waals surface area (Å²) >= 11 is 3.52. The standard InChI is InChI=1S/C14H18BrN5/c15-13-11(6-3-7-12(13)16)14-17-18-19-20(14)9-8-10-4-1-2-5-10/h3,6-7,10H,1-2,4-5,8-9,16H2. The van der Waals surface area contributed by atoms with Crippen molar-refractivity contribution in [3.63, 3.8) is 0 Å². The van der Waals surface area contributed by atoms with Crippen LogP contribution in [0, 0.1) is 5.92 Å². The lowest BCUT2D eigenvalue weighted by Crippen LogP contribution is -2.07. The number of nitrogens with two attached hydrogens (primary N) is 1. The Morgan fingerprint density at radius 3 is 2.90 bits per heavy atom. The van der Waals surface area contributed by atoms with Crippen molar-refractivity contribution in [2.45, 2.75) is 38.6 Å². The second kappa shape index (κ2) is 5.91. The summed E-state index contributed by atoms with van der Waals surface area (Å²) in [7, 11) is 0. The molecule has 3 rings (SSSR count). The lowest BCUT2D eigenvalue weighted by molar-refractivity contribution is 0.436. The van der Waals surface area contributed by atoms with Crippen LogP contribution in [0.5, 0.6) is 0 Å². The Morgan fingerprint density at radius 1 is 1.30 bits per heavy atom. The van der Waals surface area contributed by atoms with Crippen LogP contribution in [0.25, 0.3) is 11.4 Å². The molecule has 0 radical (unpaired) electrons. The molecule has 106 valence electrons. The summed E-state index contributed by atoms with van der Waals surface area (Å²) in [6.45, 7) is 0.869. The number of anilines is 1. The lowest BCUT2D eigenvalue weighted by atomic mass is 10.0. The third kappa shape index (κ3) is 2.70. The van der Waals surface area contributed by atoms with Crippen LogP contribution in [0.3, 0.4) is 0 Å². The second-order valence-electron chi connectivity index (χ2n) is 5.37. The summed E-state index contributed by atoms with van der Waals surface area (Å²) in [6.07, 6.45) is 6.58. The fourth-order valence-corrected chi connectivity index (χ4v) is 3.32. The molecule has 0 amide bonds. The predicted molar refractivity (Wildman–Crippen MR) is 81.9 cm³/mol. The van der Waals surface area contributed by atoms with E-state index in [1.165, 1.54) is 25.7 Å². The number of nitrogens with zero attached hydrogens (tertiary/aromatic N) is 4. The van der Waals surface area contributed by atoms with Gasteiger partial charge in [-0.15, -0.1) is 5.10 Å². The van der Waals surface area contributed by atoms with Gasteiger partial charge in [-0.2, -0.15) is 0 Å². The highest BCUT2D eigenvalue weighted by molar-refractivity contribution is 9.10. The number of aryl methyl sites for hydroxylation is 1. The van der Waals surface area contributed by atoms with Crippen molar-refractivity contribution < 1.29 is 0 Å². The van der Waals surface area contributed by atoms with Crippen molar-refractivity contribution >= 4 is 21.6 Å². The Balaban J connectivity index is 1.80. The quantitative estimate of drug-likeness (QED) is 0.870. The van der Waals surface area contributed by atoms with Crippen LogP contribution in [0.2, 0.25) is 0 Å². The first kappa shape index (κ1) is 13.5. The minimum atomic E-state index is 0.702. The zero-order chi connectivity index (χ0) is 13.9. The van der Waals surface area contributed by atoms with Crippen molar-refractivity contribution in [3.05, 3.63) is 22.7 Å². The van der Waals surface area contributed by atoms with Gasteiger partial charge in [0, 0.05) is 17.8 Å². The first-order valence-electron chi connectivity index (χ1n) is 7.06. The molecule has 0 bridgehead atoms. The molecule has 1 saturated carbocycles. The summed E-state index contributed by atoms with van der Waals surface area (Å²) in [4.78, 5) is 0. The van der Waals surface area contributed by atoms with E-state index in [2.05, 4.69) is 31.5 Å². The number of benzene rings is 1. The average Bonchev–Trinajstić information content (AvgIpc) is 3.10. The normalized spacial score (nSPS) is 15.8. The molecule has 6 heteroatoms. The minimum absolute atomic E-state index is 0.702. The summed E-state index contributed by atoms with van der Waals surface area (Å²) < 4.78 is 2.75. The van der Waals surface area contributed by atoms with E-state index in [9.17, 15) is 0 Å². The van der Waals surface area contributed by atoms with E-state index >= 15 is 0 Å². The van der Waals surface area contributed by atoms with Crippen molar-refractivity contribution in [1.82, 2.24) is 20.2 Å². The van der Waals surface area contributed by atoms with Crippen molar-refractivity contribution in [1.29, 1.82) is 0 Å². The molecular weight excluding hydrogens is 318 g/mol. The molecule has 1 fully saturated rings. The Bertz CT molecular complexity index is 589. The van der Waals surface area contributed by atoms with Gasteiger partial charge in [0.05, 0.1) is 4.47 Å². The molecule has 20 heavy (non-hydrogen) atoms. The first-order valence-corrected chi connectivity index (χ1v) is 7.85. The number of tetrazole rings is 1. The van der Waals surface area contributed by atoms with E-state index in [0.29, 0.717) is 5.69 Å². The highest BCUT2D eigenvalue weighted by Crippen LogP contribution is 2.32. The van der Waals surface area contributed by atoms with E-state index in [4.69, 9.17) is 5.73 Å². The van der Waals surface area contributed by atoms with Crippen LogP contribution in [0.4, 0.5) is 5.69 Å². The molecule has 0 atom stereocenters. The van der Waals surface area contributed by atoms with Crippen LogP contribution < -0.4 is 5.73 Å². The van der Waals surface area contributed by atoms with Crippen LogP contribution in [-0.4, -0.2) is 20.2 Å². The highest BCUT2D eigenvalue weighted by Gasteiger charge is 2.17. The van der Waals surface area contributed by atoms with Gasteiger partial charge < -0.3 is 5.73 Å². The molecule has 1 aromatic heterocycles.